The third-order valence-electron chi connectivity index (χ3n) is 4.87. The lowest BCUT2D eigenvalue weighted by atomic mass is 10.1. The predicted molar refractivity (Wildman–Crippen MR) is 97.0 cm³/mol. The highest BCUT2D eigenvalue weighted by atomic mass is 16.2. The molecule has 7 heteroatoms. The normalized spacial score (nSPS) is 16.1. The average Bonchev–Trinajstić information content (AvgIpc) is 2.99. The molecule has 1 amide bonds. The molecule has 136 valence electrons. The summed E-state index contributed by atoms with van der Waals surface area (Å²) in [6.45, 7) is 10.8. The molecule has 0 unspecified atom stereocenters. The summed E-state index contributed by atoms with van der Waals surface area (Å²) in [4.78, 5) is 33.1. The van der Waals surface area contributed by atoms with E-state index in [9.17, 15) is 9.59 Å². The molecule has 2 aromatic heterocycles. The van der Waals surface area contributed by atoms with Crippen LogP contribution in [0.1, 0.15) is 43.2 Å². The van der Waals surface area contributed by atoms with E-state index in [4.69, 9.17) is 0 Å². The van der Waals surface area contributed by atoms with E-state index in [0.29, 0.717) is 23.5 Å². The number of amides is 1. The fourth-order valence-electron chi connectivity index (χ4n) is 3.32. The van der Waals surface area contributed by atoms with Crippen molar-refractivity contribution in [1.29, 1.82) is 0 Å². The van der Waals surface area contributed by atoms with Crippen molar-refractivity contribution in [3.05, 3.63) is 33.9 Å². The van der Waals surface area contributed by atoms with Crippen LogP contribution in [0, 0.1) is 5.92 Å². The quantitative estimate of drug-likeness (QED) is 0.889. The van der Waals surface area contributed by atoms with E-state index in [-0.39, 0.29) is 11.5 Å². The summed E-state index contributed by atoms with van der Waals surface area (Å²) >= 11 is 0. The first kappa shape index (κ1) is 17.7. The van der Waals surface area contributed by atoms with E-state index in [1.807, 2.05) is 11.8 Å². The SMILES string of the molecule is CCc1c(C(=O)N2CCN(CCC(C)C)CC2)cnc2cc(=O)[nH]n12. The number of H-pyrrole nitrogens is 1. The van der Waals surface area contributed by atoms with Crippen LogP contribution >= 0.6 is 0 Å². The fourth-order valence-corrected chi connectivity index (χ4v) is 3.32. The maximum atomic E-state index is 13.0. The van der Waals surface area contributed by atoms with Crippen molar-refractivity contribution in [2.45, 2.75) is 33.6 Å². The highest BCUT2D eigenvalue weighted by molar-refractivity contribution is 5.95. The molecule has 1 aliphatic rings. The Hall–Kier alpha value is -2.15. The Morgan fingerprint density at radius 1 is 1.28 bits per heavy atom. The van der Waals surface area contributed by atoms with Crippen molar-refractivity contribution >= 4 is 11.6 Å². The molecule has 7 nitrogen and oxygen atoms in total. The number of hydrogen-bond acceptors (Lipinski definition) is 4. The first-order valence-corrected chi connectivity index (χ1v) is 9.11. The second-order valence-electron chi connectivity index (χ2n) is 7.10. The van der Waals surface area contributed by atoms with Gasteiger partial charge in [0.2, 0.25) is 0 Å². The van der Waals surface area contributed by atoms with Gasteiger partial charge in [-0.2, -0.15) is 0 Å². The number of nitrogens with one attached hydrogen (secondary N) is 1. The molecule has 0 atom stereocenters. The third-order valence-corrected chi connectivity index (χ3v) is 4.87. The maximum Gasteiger partial charge on any atom is 0.266 e. The zero-order valence-electron chi connectivity index (χ0n) is 15.3. The van der Waals surface area contributed by atoms with E-state index >= 15 is 0 Å². The Bertz CT molecular complexity index is 799. The zero-order chi connectivity index (χ0) is 18.0. The summed E-state index contributed by atoms with van der Waals surface area (Å²) in [5, 5.41) is 2.73. The Kier molecular flexibility index (Phi) is 5.22. The largest absolute Gasteiger partial charge is 0.336 e. The lowest BCUT2D eigenvalue weighted by molar-refractivity contribution is 0.0629. The molecule has 0 aromatic carbocycles. The predicted octanol–water partition coefficient (Wildman–Crippen LogP) is 1.39. The van der Waals surface area contributed by atoms with Gasteiger partial charge in [-0.15, -0.1) is 0 Å². The van der Waals surface area contributed by atoms with Crippen LogP contribution in [0.5, 0.6) is 0 Å². The minimum Gasteiger partial charge on any atom is -0.336 e. The minimum atomic E-state index is -0.203. The van der Waals surface area contributed by atoms with Gasteiger partial charge in [0.1, 0.15) is 0 Å². The smallest absolute Gasteiger partial charge is 0.266 e. The summed E-state index contributed by atoms with van der Waals surface area (Å²) in [7, 11) is 0. The lowest BCUT2D eigenvalue weighted by Gasteiger charge is -2.35. The second-order valence-corrected chi connectivity index (χ2v) is 7.10. The maximum absolute atomic E-state index is 13.0. The van der Waals surface area contributed by atoms with Crippen LogP contribution in [0.2, 0.25) is 0 Å². The van der Waals surface area contributed by atoms with Crippen LogP contribution in [-0.4, -0.2) is 63.0 Å². The molecule has 1 saturated heterocycles. The van der Waals surface area contributed by atoms with Gasteiger partial charge in [-0.1, -0.05) is 20.8 Å². The topological polar surface area (TPSA) is 73.7 Å². The van der Waals surface area contributed by atoms with E-state index in [2.05, 4.69) is 28.8 Å². The van der Waals surface area contributed by atoms with E-state index < -0.39 is 0 Å². The standard InChI is InChI=1S/C18H27N5O2/c1-4-15-14(12-19-16-11-17(24)20-23(15)16)18(25)22-9-7-21(8-10-22)6-5-13(2)3/h11-13H,4-10H2,1-3H3,(H,20,24). The molecular formula is C18H27N5O2. The number of hydrogen-bond donors (Lipinski definition) is 1. The zero-order valence-corrected chi connectivity index (χ0v) is 15.3. The van der Waals surface area contributed by atoms with Gasteiger partial charge in [0.15, 0.2) is 5.65 Å². The molecule has 0 saturated carbocycles. The van der Waals surface area contributed by atoms with Gasteiger partial charge in [0.05, 0.1) is 11.3 Å². The Morgan fingerprint density at radius 3 is 2.64 bits per heavy atom. The van der Waals surface area contributed by atoms with Crippen LogP contribution in [0.3, 0.4) is 0 Å². The molecular weight excluding hydrogens is 318 g/mol. The monoisotopic (exact) mass is 345 g/mol. The van der Waals surface area contributed by atoms with Gasteiger partial charge in [-0.25, -0.2) is 9.50 Å². The summed E-state index contributed by atoms with van der Waals surface area (Å²) in [5.74, 6) is 0.706. The van der Waals surface area contributed by atoms with Crippen molar-refractivity contribution in [3.63, 3.8) is 0 Å². The molecule has 2 aromatic rings. The van der Waals surface area contributed by atoms with Crippen LogP contribution in [0.4, 0.5) is 0 Å². The first-order valence-electron chi connectivity index (χ1n) is 9.11. The van der Waals surface area contributed by atoms with E-state index in [1.54, 1.807) is 10.7 Å². The van der Waals surface area contributed by atoms with Crippen molar-refractivity contribution in [2.24, 2.45) is 5.92 Å². The number of carbonyl (C=O) groups excluding carboxylic acids is 1. The van der Waals surface area contributed by atoms with Gasteiger partial charge in [-0.3, -0.25) is 19.6 Å². The molecule has 0 aliphatic carbocycles. The number of fused-ring (bicyclic) bond motifs is 1. The Labute approximate surface area is 147 Å². The van der Waals surface area contributed by atoms with E-state index in [0.717, 1.165) is 38.4 Å². The minimum absolute atomic E-state index is 0.00399. The van der Waals surface area contributed by atoms with Crippen LogP contribution in [0.15, 0.2) is 17.1 Å². The number of carbonyl (C=O) groups is 1. The molecule has 0 spiro atoms. The van der Waals surface area contributed by atoms with Crippen molar-refractivity contribution in [2.75, 3.05) is 32.7 Å². The highest BCUT2D eigenvalue weighted by Crippen LogP contribution is 2.15. The van der Waals surface area contributed by atoms with Crippen molar-refractivity contribution < 1.29 is 4.79 Å². The number of nitrogens with zero attached hydrogens (tertiary/aromatic N) is 4. The fraction of sp³-hybridized carbons (Fsp3) is 0.611. The summed E-state index contributed by atoms with van der Waals surface area (Å²) in [6.07, 6.45) is 3.45. The van der Waals surface area contributed by atoms with E-state index in [1.165, 1.54) is 12.5 Å². The number of aromatic nitrogens is 3. The second kappa shape index (κ2) is 7.39. The number of rotatable bonds is 5. The number of aryl methyl sites for hydroxylation is 1. The van der Waals surface area contributed by atoms with Gasteiger partial charge >= 0.3 is 0 Å². The molecule has 1 N–H and O–H groups in total. The first-order chi connectivity index (χ1) is 12.0. The Morgan fingerprint density at radius 2 is 2.00 bits per heavy atom. The molecule has 0 bridgehead atoms. The Balaban J connectivity index is 1.74. The number of piperazine rings is 1. The van der Waals surface area contributed by atoms with Crippen LogP contribution in [-0.2, 0) is 6.42 Å². The molecule has 3 heterocycles. The summed E-state index contributed by atoms with van der Waals surface area (Å²) < 4.78 is 1.63. The van der Waals surface area contributed by atoms with Crippen molar-refractivity contribution in [1.82, 2.24) is 24.4 Å². The van der Waals surface area contributed by atoms with Crippen LogP contribution in [0.25, 0.3) is 5.65 Å². The van der Waals surface area contributed by atoms with Crippen molar-refractivity contribution in [3.8, 4) is 0 Å². The number of aromatic amines is 1. The van der Waals surface area contributed by atoms with Crippen LogP contribution < -0.4 is 5.56 Å². The molecule has 3 rings (SSSR count). The average molecular weight is 345 g/mol. The molecule has 1 aliphatic heterocycles. The molecule has 0 radical (unpaired) electrons. The summed E-state index contributed by atoms with van der Waals surface area (Å²) in [6, 6.07) is 1.45. The van der Waals surface area contributed by atoms with Gasteiger partial charge < -0.3 is 4.90 Å². The molecule has 1 fully saturated rings. The van der Waals surface area contributed by atoms with Gasteiger partial charge in [0, 0.05) is 38.4 Å². The lowest BCUT2D eigenvalue weighted by Crippen LogP contribution is -2.49. The van der Waals surface area contributed by atoms with Gasteiger partial charge in [-0.05, 0) is 25.3 Å². The highest BCUT2D eigenvalue weighted by Gasteiger charge is 2.25. The van der Waals surface area contributed by atoms with Gasteiger partial charge in [0.25, 0.3) is 11.5 Å². The summed E-state index contributed by atoms with van der Waals surface area (Å²) in [5.41, 5.74) is 1.74. The molecule has 25 heavy (non-hydrogen) atoms. The third kappa shape index (κ3) is 3.76.